The average Bonchev–Trinajstić information content (AvgIpc) is 3.40. The van der Waals surface area contributed by atoms with E-state index < -0.39 is 0 Å². The van der Waals surface area contributed by atoms with E-state index in [1.165, 1.54) is 11.4 Å². The lowest BCUT2D eigenvalue weighted by molar-refractivity contribution is -0.115. The summed E-state index contributed by atoms with van der Waals surface area (Å²) in [6, 6.07) is 26.4. The fraction of sp³-hybridized carbons (Fsp3) is 0.154. The van der Waals surface area contributed by atoms with Crippen molar-refractivity contribution in [1.29, 1.82) is 0 Å². The largest absolute Gasteiger partial charge is 0.328 e. The highest BCUT2D eigenvalue weighted by molar-refractivity contribution is 5.92. The lowest BCUT2D eigenvalue weighted by Gasteiger charge is -2.09. The zero-order valence-electron chi connectivity index (χ0n) is 16.7. The second-order valence-electron chi connectivity index (χ2n) is 7.68. The van der Waals surface area contributed by atoms with Crippen molar-refractivity contribution < 1.29 is 4.79 Å². The van der Waals surface area contributed by atoms with Gasteiger partial charge in [0.15, 0.2) is 0 Å². The molecule has 0 unspecified atom stereocenters. The molecule has 0 bridgehead atoms. The summed E-state index contributed by atoms with van der Waals surface area (Å²) >= 11 is 0. The molecule has 1 amide bonds. The first kappa shape index (κ1) is 18.4. The molecule has 30 heavy (non-hydrogen) atoms. The molecule has 0 saturated heterocycles. The van der Waals surface area contributed by atoms with Gasteiger partial charge in [-0.25, -0.2) is 4.98 Å². The standard InChI is InChI=1S/C26H23N3O/c30-26(17-19-8-10-21(11-9-19)20-5-2-1-3-6-20)28-23-14-12-22(13-15-23)24-18-27-25-7-4-16-29(24)25/h1-3,5-6,8-15,18H,4,7,16-17H2,(H,28,30). The van der Waals surface area contributed by atoms with Crippen molar-refractivity contribution in [3.8, 4) is 22.4 Å². The van der Waals surface area contributed by atoms with E-state index in [4.69, 9.17) is 0 Å². The van der Waals surface area contributed by atoms with Crippen molar-refractivity contribution in [2.45, 2.75) is 25.8 Å². The van der Waals surface area contributed by atoms with Gasteiger partial charge in [-0.15, -0.1) is 0 Å². The van der Waals surface area contributed by atoms with Crippen LogP contribution in [0.5, 0.6) is 0 Å². The van der Waals surface area contributed by atoms with Crippen LogP contribution in [0.15, 0.2) is 85.1 Å². The molecule has 0 fully saturated rings. The van der Waals surface area contributed by atoms with Crippen molar-refractivity contribution >= 4 is 11.6 Å². The van der Waals surface area contributed by atoms with Crippen LogP contribution < -0.4 is 5.32 Å². The number of amides is 1. The van der Waals surface area contributed by atoms with Gasteiger partial charge in [0, 0.05) is 18.7 Å². The lowest BCUT2D eigenvalue weighted by Crippen LogP contribution is -2.14. The molecular formula is C26H23N3O. The molecule has 2 heterocycles. The Morgan fingerprint density at radius 3 is 2.33 bits per heavy atom. The van der Waals surface area contributed by atoms with Crippen LogP contribution in [-0.4, -0.2) is 15.5 Å². The van der Waals surface area contributed by atoms with Gasteiger partial charge in [0.1, 0.15) is 5.82 Å². The molecule has 1 aromatic heterocycles. The van der Waals surface area contributed by atoms with Crippen LogP contribution in [0.2, 0.25) is 0 Å². The Morgan fingerprint density at radius 1 is 0.867 bits per heavy atom. The van der Waals surface area contributed by atoms with E-state index in [1.54, 1.807) is 0 Å². The molecule has 1 aliphatic heterocycles. The summed E-state index contributed by atoms with van der Waals surface area (Å²) < 4.78 is 2.28. The Bertz CT molecular complexity index is 1160. The van der Waals surface area contributed by atoms with Crippen LogP contribution in [0, 0.1) is 0 Å². The Hall–Kier alpha value is -3.66. The smallest absolute Gasteiger partial charge is 0.228 e. The van der Waals surface area contributed by atoms with E-state index >= 15 is 0 Å². The third-order valence-electron chi connectivity index (χ3n) is 5.61. The Kier molecular flexibility index (Phi) is 4.89. The molecule has 4 nitrogen and oxygen atoms in total. The maximum absolute atomic E-state index is 12.5. The number of aromatic nitrogens is 2. The lowest BCUT2D eigenvalue weighted by atomic mass is 10.0. The Labute approximate surface area is 176 Å². The summed E-state index contributed by atoms with van der Waals surface area (Å²) in [5.41, 5.74) is 6.42. The number of imidazole rings is 1. The molecule has 3 aromatic carbocycles. The van der Waals surface area contributed by atoms with E-state index in [2.05, 4.69) is 39.1 Å². The minimum absolute atomic E-state index is 0.0135. The van der Waals surface area contributed by atoms with Gasteiger partial charge in [-0.3, -0.25) is 4.79 Å². The van der Waals surface area contributed by atoms with Gasteiger partial charge in [-0.1, -0.05) is 66.7 Å². The Morgan fingerprint density at radius 2 is 1.57 bits per heavy atom. The average molecular weight is 393 g/mol. The van der Waals surface area contributed by atoms with E-state index in [0.29, 0.717) is 6.42 Å². The van der Waals surface area contributed by atoms with Crippen molar-refractivity contribution in [3.05, 3.63) is 96.4 Å². The van der Waals surface area contributed by atoms with Gasteiger partial charge in [0.25, 0.3) is 0 Å². The van der Waals surface area contributed by atoms with E-state index in [9.17, 15) is 4.79 Å². The first-order valence-electron chi connectivity index (χ1n) is 10.4. The topological polar surface area (TPSA) is 46.9 Å². The number of hydrogen-bond acceptors (Lipinski definition) is 2. The molecule has 1 N–H and O–H groups in total. The highest BCUT2D eigenvalue weighted by Gasteiger charge is 2.16. The van der Waals surface area contributed by atoms with Crippen molar-refractivity contribution in [2.75, 3.05) is 5.32 Å². The molecular weight excluding hydrogens is 370 g/mol. The number of rotatable bonds is 5. The van der Waals surface area contributed by atoms with Crippen LogP contribution in [0.4, 0.5) is 5.69 Å². The van der Waals surface area contributed by atoms with Crippen LogP contribution in [0.25, 0.3) is 22.4 Å². The summed E-state index contributed by atoms with van der Waals surface area (Å²) in [7, 11) is 0. The summed E-state index contributed by atoms with van der Waals surface area (Å²) in [6.07, 6.45) is 4.52. The van der Waals surface area contributed by atoms with Crippen molar-refractivity contribution in [1.82, 2.24) is 9.55 Å². The molecule has 0 spiro atoms. The summed E-state index contributed by atoms with van der Waals surface area (Å²) in [5.74, 6) is 1.15. The maximum Gasteiger partial charge on any atom is 0.228 e. The minimum Gasteiger partial charge on any atom is -0.328 e. The normalized spacial score (nSPS) is 12.5. The second-order valence-corrected chi connectivity index (χ2v) is 7.68. The molecule has 1 aliphatic rings. The van der Waals surface area contributed by atoms with E-state index in [-0.39, 0.29) is 5.91 Å². The van der Waals surface area contributed by atoms with Crippen molar-refractivity contribution in [3.63, 3.8) is 0 Å². The first-order valence-corrected chi connectivity index (χ1v) is 10.4. The van der Waals surface area contributed by atoms with E-state index in [1.807, 2.05) is 60.8 Å². The molecule has 0 aliphatic carbocycles. The van der Waals surface area contributed by atoms with Crippen molar-refractivity contribution in [2.24, 2.45) is 0 Å². The predicted molar refractivity (Wildman–Crippen MR) is 120 cm³/mol. The maximum atomic E-state index is 12.5. The number of anilines is 1. The SMILES string of the molecule is O=C(Cc1ccc(-c2ccccc2)cc1)Nc1ccc(-c2cnc3n2CCC3)cc1. The van der Waals surface area contributed by atoms with Gasteiger partial charge in [0.2, 0.25) is 5.91 Å². The number of carbonyl (C=O) groups is 1. The third-order valence-corrected chi connectivity index (χ3v) is 5.61. The second kappa shape index (κ2) is 7.99. The number of carbonyl (C=O) groups excluding carboxylic acids is 1. The zero-order valence-corrected chi connectivity index (χ0v) is 16.7. The number of aryl methyl sites for hydroxylation is 1. The summed E-state index contributed by atoms with van der Waals surface area (Å²) in [4.78, 5) is 17.0. The number of nitrogens with one attached hydrogen (secondary N) is 1. The van der Waals surface area contributed by atoms with Crippen LogP contribution in [0.3, 0.4) is 0 Å². The highest BCUT2D eigenvalue weighted by Crippen LogP contribution is 2.26. The fourth-order valence-corrected chi connectivity index (χ4v) is 4.05. The van der Waals surface area contributed by atoms with Crippen LogP contribution in [0.1, 0.15) is 17.8 Å². The minimum atomic E-state index is -0.0135. The van der Waals surface area contributed by atoms with Gasteiger partial charge in [-0.2, -0.15) is 0 Å². The van der Waals surface area contributed by atoms with Gasteiger partial charge < -0.3 is 9.88 Å². The highest BCUT2D eigenvalue weighted by atomic mass is 16.1. The quantitative estimate of drug-likeness (QED) is 0.497. The summed E-state index contributed by atoms with van der Waals surface area (Å²) in [6.45, 7) is 1.03. The molecule has 5 rings (SSSR count). The number of benzene rings is 3. The number of hydrogen-bond donors (Lipinski definition) is 1. The summed E-state index contributed by atoms with van der Waals surface area (Å²) in [5, 5.41) is 3.00. The molecule has 0 saturated carbocycles. The molecule has 4 heteroatoms. The molecule has 4 aromatic rings. The predicted octanol–water partition coefficient (Wildman–Crippen LogP) is 5.34. The van der Waals surface area contributed by atoms with Gasteiger partial charge >= 0.3 is 0 Å². The molecule has 148 valence electrons. The zero-order chi connectivity index (χ0) is 20.3. The third kappa shape index (κ3) is 3.77. The van der Waals surface area contributed by atoms with Crippen LogP contribution >= 0.6 is 0 Å². The van der Waals surface area contributed by atoms with Crippen LogP contribution in [-0.2, 0) is 24.2 Å². The van der Waals surface area contributed by atoms with Gasteiger partial charge in [0.05, 0.1) is 18.3 Å². The van der Waals surface area contributed by atoms with Gasteiger partial charge in [-0.05, 0) is 40.8 Å². The Balaban J connectivity index is 1.22. The monoisotopic (exact) mass is 393 g/mol. The molecule has 0 atom stereocenters. The first-order chi connectivity index (χ1) is 14.8. The fourth-order valence-electron chi connectivity index (χ4n) is 4.05. The number of nitrogens with zero attached hydrogens (tertiary/aromatic N) is 2. The number of fused-ring (bicyclic) bond motifs is 1. The molecule has 0 radical (unpaired) electrons. The van der Waals surface area contributed by atoms with E-state index in [0.717, 1.165) is 47.5 Å².